The van der Waals surface area contributed by atoms with E-state index in [1.54, 1.807) is 11.0 Å². The van der Waals surface area contributed by atoms with Crippen LogP contribution >= 0.6 is 0 Å². The fraction of sp³-hybridized carbons (Fsp3) is 0.615. The van der Waals surface area contributed by atoms with E-state index < -0.39 is 0 Å². The highest BCUT2D eigenvalue weighted by atomic mass is 16.5. The predicted molar refractivity (Wildman–Crippen MR) is 68.4 cm³/mol. The number of carbonyl (C=O) groups is 2. The lowest BCUT2D eigenvalue weighted by Crippen LogP contribution is -2.56. The second kappa shape index (κ2) is 5.42. The van der Waals surface area contributed by atoms with Crippen molar-refractivity contribution in [2.75, 3.05) is 19.6 Å². The van der Waals surface area contributed by atoms with Crippen LogP contribution < -0.4 is 0 Å². The highest BCUT2D eigenvalue weighted by Gasteiger charge is 2.31. The van der Waals surface area contributed by atoms with Gasteiger partial charge in [0.25, 0.3) is 5.91 Å². The monoisotopic (exact) mass is 265 g/mol. The Kier molecular flexibility index (Phi) is 3.87. The highest BCUT2D eigenvalue weighted by molar-refractivity contribution is 5.92. The van der Waals surface area contributed by atoms with Crippen LogP contribution in [-0.2, 0) is 4.79 Å². The minimum atomic E-state index is -0.141. The summed E-state index contributed by atoms with van der Waals surface area (Å²) in [6.45, 7) is 7.40. The third-order valence-electron chi connectivity index (χ3n) is 3.35. The van der Waals surface area contributed by atoms with Crippen molar-refractivity contribution in [1.82, 2.24) is 15.0 Å². The average Bonchev–Trinajstić information content (AvgIpc) is 2.90. The van der Waals surface area contributed by atoms with Gasteiger partial charge < -0.3 is 14.3 Å². The Labute approximate surface area is 112 Å². The molecule has 2 heterocycles. The summed E-state index contributed by atoms with van der Waals surface area (Å²) < 4.78 is 4.69. The van der Waals surface area contributed by atoms with Crippen molar-refractivity contribution in [3.63, 3.8) is 0 Å². The molecule has 6 heteroatoms. The molecule has 0 aromatic carbocycles. The summed E-state index contributed by atoms with van der Waals surface area (Å²) in [4.78, 5) is 27.7. The molecule has 0 radical (unpaired) electrons. The zero-order chi connectivity index (χ0) is 14.0. The summed E-state index contributed by atoms with van der Waals surface area (Å²) >= 11 is 0. The van der Waals surface area contributed by atoms with Crippen LogP contribution in [0, 0.1) is 5.92 Å². The van der Waals surface area contributed by atoms with E-state index in [4.69, 9.17) is 4.52 Å². The fourth-order valence-electron chi connectivity index (χ4n) is 2.29. The van der Waals surface area contributed by atoms with Crippen LogP contribution in [0.5, 0.6) is 0 Å². The molecule has 1 aliphatic heterocycles. The Hall–Kier alpha value is -1.85. The Balaban J connectivity index is 2.01. The quantitative estimate of drug-likeness (QED) is 0.800. The van der Waals surface area contributed by atoms with E-state index in [1.807, 2.05) is 25.7 Å². The molecule has 0 bridgehead atoms. The zero-order valence-electron chi connectivity index (χ0n) is 11.5. The highest BCUT2D eigenvalue weighted by Crippen LogP contribution is 2.15. The molecule has 2 rings (SSSR count). The zero-order valence-corrected chi connectivity index (χ0v) is 11.5. The molecular weight excluding hydrogens is 246 g/mol. The SMILES string of the molecule is CC(C)C(=O)N1CCN(C(=O)c2ccon2)C(C)C1. The van der Waals surface area contributed by atoms with Crippen LogP contribution in [0.4, 0.5) is 0 Å². The number of amides is 2. The van der Waals surface area contributed by atoms with E-state index >= 15 is 0 Å². The van der Waals surface area contributed by atoms with Gasteiger partial charge in [0, 0.05) is 37.7 Å². The number of hydrogen-bond donors (Lipinski definition) is 0. The van der Waals surface area contributed by atoms with E-state index in [2.05, 4.69) is 5.16 Å². The molecule has 0 aliphatic carbocycles. The third kappa shape index (κ3) is 2.77. The maximum Gasteiger partial charge on any atom is 0.276 e. The van der Waals surface area contributed by atoms with Crippen molar-refractivity contribution in [2.45, 2.75) is 26.8 Å². The lowest BCUT2D eigenvalue weighted by atomic mass is 10.1. The Morgan fingerprint density at radius 3 is 2.68 bits per heavy atom. The van der Waals surface area contributed by atoms with Gasteiger partial charge in [0.15, 0.2) is 5.69 Å². The third-order valence-corrected chi connectivity index (χ3v) is 3.35. The second-order valence-corrected chi connectivity index (χ2v) is 5.17. The Bertz CT molecular complexity index is 456. The topological polar surface area (TPSA) is 66.7 Å². The summed E-state index contributed by atoms with van der Waals surface area (Å²) in [6.07, 6.45) is 1.39. The first-order valence-corrected chi connectivity index (χ1v) is 6.51. The van der Waals surface area contributed by atoms with Gasteiger partial charge in [-0.05, 0) is 6.92 Å². The van der Waals surface area contributed by atoms with E-state index in [0.717, 1.165) is 0 Å². The van der Waals surface area contributed by atoms with Crippen molar-refractivity contribution in [1.29, 1.82) is 0 Å². The molecule has 104 valence electrons. The number of carbonyl (C=O) groups excluding carboxylic acids is 2. The van der Waals surface area contributed by atoms with Crippen molar-refractivity contribution in [2.24, 2.45) is 5.92 Å². The number of aromatic nitrogens is 1. The molecule has 1 atom stereocenters. The van der Waals surface area contributed by atoms with Crippen LogP contribution in [0.1, 0.15) is 31.3 Å². The molecule has 0 spiro atoms. The van der Waals surface area contributed by atoms with Crippen molar-refractivity contribution >= 4 is 11.8 Å². The van der Waals surface area contributed by atoms with Crippen LogP contribution in [0.25, 0.3) is 0 Å². The second-order valence-electron chi connectivity index (χ2n) is 5.17. The van der Waals surface area contributed by atoms with Gasteiger partial charge in [0.05, 0.1) is 0 Å². The fourth-order valence-corrected chi connectivity index (χ4v) is 2.29. The molecule has 19 heavy (non-hydrogen) atoms. The Morgan fingerprint density at radius 2 is 2.16 bits per heavy atom. The molecule has 1 aromatic rings. The predicted octanol–water partition coefficient (Wildman–Crippen LogP) is 1.00. The van der Waals surface area contributed by atoms with E-state index in [1.165, 1.54) is 6.26 Å². The van der Waals surface area contributed by atoms with Gasteiger partial charge in [-0.15, -0.1) is 0 Å². The van der Waals surface area contributed by atoms with Gasteiger partial charge in [0.2, 0.25) is 5.91 Å². The van der Waals surface area contributed by atoms with E-state index in [0.29, 0.717) is 25.3 Å². The molecule has 0 saturated carbocycles. The maximum atomic E-state index is 12.2. The molecule has 1 saturated heterocycles. The van der Waals surface area contributed by atoms with Crippen LogP contribution in [0.2, 0.25) is 0 Å². The van der Waals surface area contributed by atoms with Crippen molar-refractivity contribution in [3.05, 3.63) is 18.0 Å². The van der Waals surface area contributed by atoms with E-state index in [-0.39, 0.29) is 23.8 Å². The smallest absolute Gasteiger partial charge is 0.276 e. The normalized spacial score (nSPS) is 19.9. The molecule has 6 nitrogen and oxygen atoms in total. The average molecular weight is 265 g/mol. The number of piperazine rings is 1. The van der Waals surface area contributed by atoms with Crippen molar-refractivity contribution in [3.8, 4) is 0 Å². The standard InChI is InChI=1S/C13H19N3O3/c1-9(2)12(17)15-5-6-16(10(3)8-15)13(18)11-4-7-19-14-11/h4,7,9-10H,5-6,8H2,1-3H3. The molecule has 1 aliphatic rings. The minimum absolute atomic E-state index is 0.00927. The van der Waals surface area contributed by atoms with Gasteiger partial charge in [-0.2, -0.15) is 0 Å². The first-order valence-electron chi connectivity index (χ1n) is 6.51. The lowest BCUT2D eigenvalue weighted by molar-refractivity contribution is -0.136. The molecule has 0 N–H and O–H groups in total. The summed E-state index contributed by atoms with van der Waals surface area (Å²) in [7, 11) is 0. The van der Waals surface area contributed by atoms with Crippen molar-refractivity contribution < 1.29 is 14.1 Å². The maximum absolute atomic E-state index is 12.2. The molecule has 1 unspecified atom stereocenters. The minimum Gasteiger partial charge on any atom is -0.364 e. The molecular formula is C13H19N3O3. The first-order chi connectivity index (χ1) is 9.00. The molecule has 2 amide bonds. The Morgan fingerprint density at radius 1 is 1.42 bits per heavy atom. The molecule has 1 aromatic heterocycles. The summed E-state index contributed by atoms with van der Waals surface area (Å²) in [5.74, 6) is -0.0109. The summed E-state index contributed by atoms with van der Waals surface area (Å²) in [5, 5.41) is 3.66. The number of nitrogens with zero attached hydrogens (tertiary/aromatic N) is 3. The van der Waals surface area contributed by atoms with Gasteiger partial charge >= 0.3 is 0 Å². The van der Waals surface area contributed by atoms with Crippen LogP contribution in [-0.4, -0.2) is 52.4 Å². The largest absolute Gasteiger partial charge is 0.364 e. The van der Waals surface area contributed by atoms with Gasteiger partial charge in [-0.1, -0.05) is 19.0 Å². The molecule has 1 fully saturated rings. The first kappa shape index (κ1) is 13.6. The number of rotatable bonds is 2. The van der Waals surface area contributed by atoms with E-state index in [9.17, 15) is 9.59 Å². The summed E-state index contributed by atoms with van der Waals surface area (Å²) in [6, 6.07) is 1.54. The van der Waals surface area contributed by atoms with Gasteiger partial charge in [-0.25, -0.2) is 0 Å². The number of hydrogen-bond acceptors (Lipinski definition) is 4. The van der Waals surface area contributed by atoms with Crippen LogP contribution in [0.3, 0.4) is 0 Å². The van der Waals surface area contributed by atoms with Crippen LogP contribution in [0.15, 0.2) is 16.9 Å². The van der Waals surface area contributed by atoms with Gasteiger partial charge in [-0.3, -0.25) is 9.59 Å². The van der Waals surface area contributed by atoms with Gasteiger partial charge in [0.1, 0.15) is 6.26 Å². The summed E-state index contributed by atoms with van der Waals surface area (Å²) in [5.41, 5.74) is 0.315. The lowest BCUT2D eigenvalue weighted by Gasteiger charge is -2.40.